The molecule has 1 aliphatic rings. The molecule has 0 atom stereocenters. The second kappa shape index (κ2) is 9.59. The molecule has 0 bridgehead atoms. The molecule has 1 saturated heterocycles. The molecule has 174 valence electrons. The second-order valence-corrected chi connectivity index (χ2v) is 9.12. The molecule has 0 unspecified atom stereocenters. The van der Waals surface area contributed by atoms with E-state index in [4.69, 9.17) is 0 Å². The van der Waals surface area contributed by atoms with Gasteiger partial charge in [0.1, 0.15) is 17.2 Å². The summed E-state index contributed by atoms with van der Waals surface area (Å²) >= 11 is 1.19. The summed E-state index contributed by atoms with van der Waals surface area (Å²) in [6, 6.07) is 5.12. The van der Waals surface area contributed by atoms with Gasteiger partial charge in [-0.15, -0.1) is 0 Å². The molecule has 3 N–H and O–H groups in total. The Morgan fingerprint density at radius 1 is 1.15 bits per heavy atom. The summed E-state index contributed by atoms with van der Waals surface area (Å²) in [5.41, 5.74) is 2.06. The van der Waals surface area contributed by atoms with Gasteiger partial charge in [0, 0.05) is 44.0 Å². The molecule has 4 rings (SSSR count). The zero-order chi connectivity index (χ0) is 23.5. The summed E-state index contributed by atoms with van der Waals surface area (Å²) in [6.45, 7) is 7.01. The third kappa shape index (κ3) is 5.32. The topological polar surface area (TPSA) is 116 Å². The van der Waals surface area contributed by atoms with Crippen LogP contribution in [0.2, 0.25) is 0 Å². The Morgan fingerprint density at radius 3 is 2.67 bits per heavy atom. The Hall–Kier alpha value is -3.44. The van der Waals surface area contributed by atoms with E-state index >= 15 is 0 Å². The summed E-state index contributed by atoms with van der Waals surface area (Å²) in [4.78, 5) is 33.9. The van der Waals surface area contributed by atoms with E-state index in [-0.39, 0.29) is 24.1 Å². The van der Waals surface area contributed by atoms with Crippen LogP contribution in [-0.4, -0.2) is 74.7 Å². The fourth-order valence-electron chi connectivity index (χ4n) is 3.56. The molecule has 1 aliphatic heterocycles. The van der Waals surface area contributed by atoms with E-state index < -0.39 is 0 Å². The number of benzene rings is 1. The van der Waals surface area contributed by atoms with E-state index in [0.717, 1.165) is 31.7 Å². The second-order valence-electron chi connectivity index (χ2n) is 8.09. The highest BCUT2D eigenvalue weighted by atomic mass is 32.1. The van der Waals surface area contributed by atoms with Crippen molar-refractivity contribution in [1.29, 1.82) is 0 Å². The van der Waals surface area contributed by atoms with Gasteiger partial charge >= 0.3 is 0 Å². The van der Waals surface area contributed by atoms with Crippen LogP contribution >= 0.6 is 11.3 Å². The maximum atomic E-state index is 12.7. The molecule has 2 amide bonds. The lowest BCUT2D eigenvalue weighted by molar-refractivity contribution is -0.133. The lowest BCUT2D eigenvalue weighted by atomic mass is 10.1. The number of aromatic nitrogens is 3. The number of likely N-dealkylation sites (N-methyl/N-ethyl adjacent to an activating group) is 1. The Kier molecular flexibility index (Phi) is 6.61. The fourth-order valence-corrected chi connectivity index (χ4v) is 4.28. The molecular formula is C22H27N7O3S. The molecule has 1 fully saturated rings. The number of aromatic hydroxyl groups is 1. The van der Waals surface area contributed by atoms with Gasteiger partial charge in [-0.1, -0.05) is 17.4 Å². The molecule has 3 heterocycles. The number of nitrogens with zero attached hydrogens (tertiary/aromatic N) is 5. The standard InChI is InChI=1S/C22H27N7O3S/c1-14-4-5-16(30)15(2)20(14)25-21(32)17-12-23-22(33-17)24-18-6-7-29(26-18)13-19(31)28-10-8-27(3)9-11-28/h4-7,12,30H,8-11,13H2,1-3H3,(H,25,32)(H,23,24,26). The number of amides is 2. The van der Waals surface area contributed by atoms with Crippen LogP contribution in [0.15, 0.2) is 30.6 Å². The summed E-state index contributed by atoms with van der Waals surface area (Å²) in [5, 5.41) is 20.8. The predicted octanol–water partition coefficient (Wildman–Crippen LogP) is 2.43. The Morgan fingerprint density at radius 2 is 1.91 bits per heavy atom. The quantitative estimate of drug-likeness (QED) is 0.508. The minimum Gasteiger partial charge on any atom is -0.508 e. The number of carbonyl (C=O) groups excluding carboxylic acids is 2. The number of anilines is 3. The van der Waals surface area contributed by atoms with E-state index in [1.54, 1.807) is 36.0 Å². The average molecular weight is 470 g/mol. The van der Waals surface area contributed by atoms with Gasteiger partial charge in [-0.05, 0) is 32.5 Å². The monoisotopic (exact) mass is 469 g/mol. The molecule has 2 aromatic heterocycles. The van der Waals surface area contributed by atoms with Crippen molar-refractivity contribution in [2.45, 2.75) is 20.4 Å². The van der Waals surface area contributed by atoms with Crippen molar-refractivity contribution < 1.29 is 14.7 Å². The highest BCUT2D eigenvalue weighted by molar-refractivity contribution is 7.17. The van der Waals surface area contributed by atoms with E-state index in [1.807, 2.05) is 11.8 Å². The normalized spacial score (nSPS) is 14.3. The number of hydrogen-bond acceptors (Lipinski definition) is 8. The van der Waals surface area contributed by atoms with E-state index in [1.165, 1.54) is 17.5 Å². The largest absolute Gasteiger partial charge is 0.508 e. The van der Waals surface area contributed by atoms with Crippen molar-refractivity contribution in [2.75, 3.05) is 43.9 Å². The first-order chi connectivity index (χ1) is 15.8. The highest BCUT2D eigenvalue weighted by Crippen LogP contribution is 2.29. The maximum absolute atomic E-state index is 12.7. The highest BCUT2D eigenvalue weighted by Gasteiger charge is 2.20. The van der Waals surface area contributed by atoms with Crippen LogP contribution in [0, 0.1) is 13.8 Å². The maximum Gasteiger partial charge on any atom is 0.267 e. The Labute approximate surface area is 195 Å². The van der Waals surface area contributed by atoms with Crippen LogP contribution in [0.5, 0.6) is 5.75 Å². The number of carbonyl (C=O) groups is 2. The van der Waals surface area contributed by atoms with Crippen molar-refractivity contribution >= 4 is 39.8 Å². The van der Waals surface area contributed by atoms with Crippen molar-refractivity contribution in [1.82, 2.24) is 24.6 Å². The minimum absolute atomic E-state index is 0.0449. The van der Waals surface area contributed by atoms with Gasteiger partial charge < -0.3 is 25.5 Å². The first-order valence-corrected chi connectivity index (χ1v) is 11.4. The van der Waals surface area contributed by atoms with Crippen LogP contribution in [0.4, 0.5) is 16.6 Å². The number of nitrogens with one attached hydrogen (secondary N) is 2. The first kappa shape index (κ1) is 22.7. The van der Waals surface area contributed by atoms with Gasteiger partial charge in [-0.3, -0.25) is 14.3 Å². The first-order valence-electron chi connectivity index (χ1n) is 10.6. The zero-order valence-corrected chi connectivity index (χ0v) is 19.6. The molecule has 0 saturated carbocycles. The van der Waals surface area contributed by atoms with Crippen molar-refractivity contribution in [3.8, 4) is 5.75 Å². The van der Waals surface area contributed by atoms with Gasteiger partial charge in [0.25, 0.3) is 5.91 Å². The van der Waals surface area contributed by atoms with Crippen LogP contribution in [-0.2, 0) is 11.3 Å². The molecule has 11 heteroatoms. The number of piperazine rings is 1. The summed E-state index contributed by atoms with van der Waals surface area (Å²) in [5.74, 6) is 0.413. The number of aryl methyl sites for hydroxylation is 1. The number of phenolic OH excluding ortho intramolecular Hbond substituents is 1. The molecule has 1 aromatic carbocycles. The Balaban J connectivity index is 1.35. The van der Waals surface area contributed by atoms with Crippen LogP contribution in [0.3, 0.4) is 0 Å². The van der Waals surface area contributed by atoms with Crippen LogP contribution in [0.1, 0.15) is 20.8 Å². The van der Waals surface area contributed by atoms with E-state index in [2.05, 4.69) is 32.7 Å². The third-order valence-corrected chi connectivity index (χ3v) is 6.55. The van der Waals surface area contributed by atoms with E-state index in [0.29, 0.717) is 27.1 Å². The number of phenols is 1. The molecule has 0 spiro atoms. The molecule has 10 nitrogen and oxygen atoms in total. The average Bonchev–Trinajstić information content (AvgIpc) is 3.44. The fraction of sp³-hybridized carbons (Fsp3) is 0.364. The van der Waals surface area contributed by atoms with Gasteiger partial charge in [-0.2, -0.15) is 5.10 Å². The number of thiazole rings is 1. The minimum atomic E-state index is -0.305. The van der Waals surface area contributed by atoms with Crippen molar-refractivity contribution in [3.05, 3.63) is 46.6 Å². The summed E-state index contributed by atoms with van der Waals surface area (Å²) < 4.78 is 1.59. The predicted molar refractivity (Wildman–Crippen MR) is 127 cm³/mol. The number of hydrogen-bond donors (Lipinski definition) is 3. The van der Waals surface area contributed by atoms with Crippen molar-refractivity contribution in [3.63, 3.8) is 0 Å². The lowest BCUT2D eigenvalue weighted by Crippen LogP contribution is -2.48. The van der Waals surface area contributed by atoms with Crippen LogP contribution < -0.4 is 10.6 Å². The lowest BCUT2D eigenvalue weighted by Gasteiger charge is -2.32. The molecule has 0 radical (unpaired) electrons. The molecule has 0 aliphatic carbocycles. The van der Waals surface area contributed by atoms with E-state index in [9.17, 15) is 14.7 Å². The summed E-state index contributed by atoms with van der Waals surface area (Å²) in [7, 11) is 2.05. The van der Waals surface area contributed by atoms with Gasteiger partial charge in [-0.25, -0.2) is 4.98 Å². The van der Waals surface area contributed by atoms with Gasteiger partial charge in [0.15, 0.2) is 10.9 Å². The molecule has 3 aromatic rings. The SMILES string of the molecule is Cc1ccc(O)c(C)c1NC(=O)c1cnc(Nc2ccn(CC(=O)N3CCN(C)CC3)n2)s1. The van der Waals surface area contributed by atoms with Gasteiger partial charge in [0.2, 0.25) is 5.91 Å². The number of rotatable bonds is 6. The smallest absolute Gasteiger partial charge is 0.267 e. The van der Waals surface area contributed by atoms with Crippen LogP contribution in [0.25, 0.3) is 0 Å². The Bertz CT molecular complexity index is 1160. The van der Waals surface area contributed by atoms with Gasteiger partial charge in [0.05, 0.1) is 11.9 Å². The zero-order valence-electron chi connectivity index (χ0n) is 18.8. The molecule has 33 heavy (non-hydrogen) atoms. The van der Waals surface area contributed by atoms with Crippen molar-refractivity contribution in [2.24, 2.45) is 0 Å². The molecular weight excluding hydrogens is 442 g/mol. The summed E-state index contributed by atoms with van der Waals surface area (Å²) in [6.07, 6.45) is 3.23. The third-order valence-electron chi connectivity index (χ3n) is 5.64.